The van der Waals surface area contributed by atoms with E-state index in [1.165, 1.54) is 32.4 Å². The second-order valence-corrected chi connectivity index (χ2v) is 4.85. The number of nitrogens with zero attached hydrogens (tertiary/aromatic N) is 1. The smallest absolute Gasteiger partial charge is 0.123 e. The molecule has 0 aliphatic carbocycles. The summed E-state index contributed by atoms with van der Waals surface area (Å²) in [5.74, 6) is 0.982. The summed E-state index contributed by atoms with van der Waals surface area (Å²) in [6, 6.07) is 1.99. The van der Waals surface area contributed by atoms with Crippen LogP contribution in [-0.2, 0) is 17.9 Å². The van der Waals surface area contributed by atoms with Gasteiger partial charge in [-0.2, -0.15) is 0 Å². The van der Waals surface area contributed by atoms with E-state index < -0.39 is 0 Å². The Morgan fingerprint density at radius 2 is 2.17 bits per heavy atom. The summed E-state index contributed by atoms with van der Waals surface area (Å²) in [4.78, 5) is 2.49. The minimum Gasteiger partial charge on any atom is -0.468 e. The number of piperidine rings is 1. The molecule has 0 spiro atoms. The molecule has 0 unspecified atom stereocenters. The van der Waals surface area contributed by atoms with Gasteiger partial charge in [0, 0.05) is 12.1 Å². The fourth-order valence-electron chi connectivity index (χ4n) is 2.37. The molecule has 0 atom stereocenters. The first-order valence-corrected chi connectivity index (χ1v) is 6.90. The molecule has 1 saturated heterocycles. The van der Waals surface area contributed by atoms with Crippen molar-refractivity contribution >= 4 is 0 Å². The molecule has 1 fully saturated rings. The van der Waals surface area contributed by atoms with Crippen LogP contribution < -0.4 is 5.32 Å². The Balaban J connectivity index is 1.63. The van der Waals surface area contributed by atoms with Crippen molar-refractivity contribution in [2.75, 3.05) is 33.3 Å². The first-order valence-electron chi connectivity index (χ1n) is 6.90. The monoisotopic (exact) mass is 252 g/mol. The first kappa shape index (κ1) is 13.6. The van der Waals surface area contributed by atoms with Crippen LogP contribution in [0.2, 0.25) is 0 Å². The Labute approximate surface area is 109 Å². The van der Waals surface area contributed by atoms with Crippen molar-refractivity contribution in [3.63, 3.8) is 0 Å². The lowest BCUT2D eigenvalue weighted by Crippen LogP contribution is -2.32. The largest absolute Gasteiger partial charge is 0.468 e. The van der Waals surface area contributed by atoms with Gasteiger partial charge in [0.25, 0.3) is 0 Å². The van der Waals surface area contributed by atoms with Crippen LogP contribution in [0, 0.1) is 0 Å². The molecule has 0 bridgehead atoms. The predicted octanol–water partition coefficient (Wildman–Crippen LogP) is 2.00. The van der Waals surface area contributed by atoms with Gasteiger partial charge in [-0.25, -0.2) is 0 Å². The van der Waals surface area contributed by atoms with Gasteiger partial charge in [-0.3, -0.25) is 0 Å². The van der Waals surface area contributed by atoms with Crippen molar-refractivity contribution in [2.45, 2.75) is 32.4 Å². The summed E-state index contributed by atoms with van der Waals surface area (Å²) in [6.07, 6.45) is 5.80. The molecule has 18 heavy (non-hydrogen) atoms. The molecule has 102 valence electrons. The minimum absolute atomic E-state index is 0.654. The maximum atomic E-state index is 5.74. The van der Waals surface area contributed by atoms with Gasteiger partial charge in [-0.05, 0) is 39.0 Å². The van der Waals surface area contributed by atoms with Crippen molar-refractivity contribution < 1.29 is 9.15 Å². The van der Waals surface area contributed by atoms with Crippen molar-refractivity contribution in [2.24, 2.45) is 0 Å². The number of furan rings is 1. The average Bonchev–Trinajstić information content (AvgIpc) is 2.84. The second kappa shape index (κ2) is 7.56. The van der Waals surface area contributed by atoms with Crippen molar-refractivity contribution in [3.8, 4) is 0 Å². The van der Waals surface area contributed by atoms with Crippen molar-refractivity contribution in [1.29, 1.82) is 0 Å². The van der Waals surface area contributed by atoms with Crippen LogP contribution in [0.4, 0.5) is 0 Å². The average molecular weight is 252 g/mol. The molecule has 1 N–H and O–H groups in total. The van der Waals surface area contributed by atoms with Crippen LogP contribution in [0.3, 0.4) is 0 Å². The fraction of sp³-hybridized carbons (Fsp3) is 0.714. The molecule has 1 aromatic heterocycles. The van der Waals surface area contributed by atoms with Gasteiger partial charge in [0.1, 0.15) is 5.76 Å². The number of hydrogen-bond acceptors (Lipinski definition) is 4. The molecule has 4 heteroatoms. The molecule has 1 aromatic rings. The Morgan fingerprint density at radius 1 is 1.33 bits per heavy atom. The van der Waals surface area contributed by atoms with E-state index in [0.29, 0.717) is 6.61 Å². The lowest BCUT2D eigenvalue weighted by Gasteiger charge is -2.26. The summed E-state index contributed by atoms with van der Waals surface area (Å²) in [5, 5.41) is 3.10. The molecular weight excluding hydrogens is 228 g/mol. The van der Waals surface area contributed by atoms with Gasteiger partial charge in [-0.1, -0.05) is 6.42 Å². The van der Waals surface area contributed by atoms with Gasteiger partial charge in [0.05, 0.1) is 26.0 Å². The molecule has 0 aromatic carbocycles. The van der Waals surface area contributed by atoms with Gasteiger partial charge in [0.2, 0.25) is 0 Å². The lowest BCUT2D eigenvalue weighted by atomic mass is 10.1. The van der Waals surface area contributed by atoms with Gasteiger partial charge in [0.15, 0.2) is 0 Å². The van der Waals surface area contributed by atoms with Crippen molar-refractivity contribution in [3.05, 3.63) is 23.7 Å². The third-order valence-corrected chi connectivity index (χ3v) is 3.43. The highest BCUT2D eigenvalue weighted by Crippen LogP contribution is 2.12. The first-order chi connectivity index (χ1) is 8.90. The van der Waals surface area contributed by atoms with E-state index >= 15 is 0 Å². The summed E-state index contributed by atoms with van der Waals surface area (Å²) >= 11 is 0. The number of rotatable bonds is 7. The van der Waals surface area contributed by atoms with E-state index in [-0.39, 0.29) is 0 Å². The summed E-state index contributed by atoms with van der Waals surface area (Å²) < 4.78 is 11.1. The molecular formula is C14H24N2O2. The zero-order valence-corrected chi connectivity index (χ0v) is 11.3. The molecule has 1 aliphatic heterocycles. The van der Waals surface area contributed by atoms with Crippen LogP contribution >= 0.6 is 0 Å². The quantitative estimate of drug-likeness (QED) is 0.753. The van der Waals surface area contributed by atoms with Gasteiger partial charge in [-0.15, -0.1) is 0 Å². The topological polar surface area (TPSA) is 37.6 Å². The summed E-state index contributed by atoms with van der Waals surface area (Å²) in [6.45, 7) is 5.75. The third-order valence-electron chi connectivity index (χ3n) is 3.43. The number of likely N-dealkylation sites (tertiary alicyclic amines) is 1. The van der Waals surface area contributed by atoms with E-state index in [2.05, 4.69) is 10.2 Å². The number of hydrogen-bond donors (Lipinski definition) is 1. The van der Waals surface area contributed by atoms with E-state index in [4.69, 9.17) is 9.15 Å². The molecule has 4 nitrogen and oxygen atoms in total. The molecule has 0 amide bonds. The third kappa shape index (κ3) is 4.12. The predicted molar refractivity (Wildman–Crippen MR) is 71.4 cm³/mol. The second-order valence-electron chi connectivity index (χ2n) is 4.85. The number of ether oxygens (including phenoxy) is 1. The normalized spacial score (nSPS) is 17.2. The zero-order valence-electron chi connectivity index (χ0n) is 11.3. The van der Waals surface area contributed by atoms with Crippen LogP contribution in [0.1, 0.15) is 30.6 Å². The lowest BCUT2D eigenvalue weighted by molar-refractivity contribution is 0.0855. The van der Waals surface area contributed by atoms with Crippen LogP contribution in [0.15, 0.2) is 16.7 Å². The molecule has 0 radical (unpaired) electrons. The summed E-state index contributed by atoms with van der Waals surface area (Å²) in [5.41, 5.74) is 1.16. The molecule has 1 aliphatic rings. The zero-order chi connectivity index (χ0) is 12.6. The Bertz CT molecular complexity index is 332. The standard InChI is InChI=1S/C14H24N2O2/c1-15-11-14-13(5-9-18-14)12-17-10-8-16-6-3-2-4-7-16/h5,9,15H,2-4,6-8,10-12H2,1H3. The Kier molecular flexibility index (Phi) is 5.71. The summed E-state index contributed by atoms with van der Waals surface area (Å²) in [7, 11) is 1.92. The fourth-order valence-corrected chi connectivity index (χ4v) is 2.37. The highest BCUT2D eigenvalue weighted by Gasteiger charge is 2.10. The molecule has 2 rings (SSSR count). The molecule has 0 saturated carbocycles. The van der Waals surface area contributed by atoms with Crippen LogP contribution in [0.25, 0.3) is 0 Å². The van der Waals surface area contributed by atoms with Gasteiger partial charge >= 0.3 is 0 Å². The Morgan fingerprint density at radius 3 is 2.94 bits per heavy atom. The Hall–Kier alpha value is -0.840. The molecule has 2 heterocycles. The van der Waals surface area contributed by atoms with E-state index in [1.54, 1.807) is 6.26 Å². The highest BCUT2D eigenvalue weighted by molar-refractivity contribution is 5.15. The highest BCUT2D eigenvalue weighted by atomic mass is 16.5. The van der Waals surface area contributed by atoms with E-state index in [9.17, 15) is 0 Å². The minimum atomic E-state index is 0.654. The number of nitrogens with one attached hydrogen (secondary N) is 1. The van der Waals surface area contributed by atoms with Crippen LogP contribution in [0.5, 0.6) is 0 Å². The SMILES string of the molecule is CNCc1occc1COCCN1CCCCC1. The maximum Gasteiger partial charge on any atom is 0.123 e. The van der Waals surface area contributed by atoms with E-state index in [1.807, 2.05) is 13.1 Å². The van der Waals surface area contributed by atoms with Crippen molar-refractivity contribution in [1.82, 2.24) is 10.2 Å². The van der Waals surface area contributed by atoms with Crippen LogP contribution in [-0.4, -0.2) is 38.2 Å². The van der Waals surface area contributed by atoms with E-state index in [0.717, 1.165) is 31.0 Å². The maximum absolute atomic E-state index is 5.74. The van der Waals surface area contributed by atoms with Gasteiger partial charge < -0.3 is 19.4 Å².